The highest BCUT2D eigenvalue weighted by molar-refractivity contribution is 6.91. The Morgan fingerprint density at radius 1 is 0.545 bits per heavy atom. The SMILES string of the molecule is C[Si](C)(CCC1CCC(O)C(Oc2ccccc2)C1)c1ccc([Si](C)(C)CCC2CCC(O)C(Oc3ccccc3)C2)cc1. The van der Waals surface area contributed by atoms with Crippen LogP contribution in [0.1, 0.15) is 51.4 Å². The Kier molecular flexibility index (Phi) is 11.1. The van der Waals surface area contributed by atoms with Gasteiger partial charge in [-0.1, -0.05) is 122 Å². The number of benzene rings is 3. The molecule has 44 heavy (non-hydrogen) atoms. The van der Waals surface area contributed by atoms with Crippen LogP contribution in [0.15, 0.2) is 84.9 Å². The van der Waals surface area contributed by atoms with E-state index in [0.717, 1.165) is 50.0 Å². The van der Waals surface area contributed by atoms with Crippen LogP contribution in [0.2, 0.25) is 38.3 Å². The van der Waals surface area contributed by atoms with Gasteiger partial charge in [0.15, 0.2) is 0 Å². The van der Waals surface area contributed by atoms with E-state index in [0.29, 0.717) is 11.8 Å². The zero-order chi connectivity index (χ0) is 31.2. The molecule has 6 heteroatoms. The third-order valence-corrected chi connectivity index (χ3v) is 17.5. The first-order chi connectivity index (χ1) is 21.1. The molecular formula is C38H54O4Si2. The molecule has 238 valence electrons. The highest BCUT2D eigenvalue weighted by atomic mass is 28.3. The summed E-state index contributed by atoms with van der Waals surface area (Å²) in [7, 11) is -3.15. The van der Waals surface area contributed by atoms with E-state index in [1.165, 1.54) is 24.9 Å². The van der Waals surface area contributed by atoms with Gasteiger partial charge in [-0.2, -0.15) is 0 Å². The maximum atomic E-state index is 10.6. The van der Waals surface area contributed by atoms with Crippen LogP contribution in [-0.4, -0.2) is 50.8 Å². The van der Waals surface area contributed by atoms with E-state index in [-0.39, 0.29) is 24.4 Å². The van der Waals surface area contributed by atoms with Gasteiger partial charge in [-0.15, -0.1) is 0 Å². The summed E-state index contributed by atoms with van der Waals surface area (Å²) in [6, 6.07) is 32.2. The van der Waals surface area contributed by atoms with E-state index in [9.17, 15) is 10.2 Å². The summed E-state index contributed by atoms with van der Waals surface area (Å²) >= 11 is 0. The molecule has 2 saturated carbocycles. The number of ether oxygens (including phenoxy) is 2. The van der Waals surface area contributed by atoms with Crippen molar-refractivity contribution >= 4 is 26.5 Å². The topological polar surface area (TPSA) is 58.9 Å². The molecule has 2 N–H and O–H groups in total. The van der Waals surface area contributed by atoms with Crippen molar-refractivity contribution in [3.8, 4) is 11.5 Å². The summed E-state index contributed by atoms with van der Waals surface area (Å²) in [6.45, 7) is 10.1. The normalized spacial score (nSPS) is 26.2. The van der Waals surface area contributed by atoms with Crippen LogP contribution in [0.4, 0.5) is 0 Å². The minimum atomic E-state index is -1.58. The number of aliphatic hydroxyl groups is 2. The Labute approximate surface area is 267 Å². The standard InChI is InChI=1S/C38H54O4Si2/c1-43(2,25-23-29-15-21-35(39)37(27-29)41-31-11-7-5-8-12-31)33-17-19-34(20-18-33)44(3,4)26-24-30-16-22-36(40)38(28-30)42-32-13-9-6-10-14-32/h5-14,17-20,29-30,35-40H,15-16,21-28H2,1-4H3. The fraction of sp³-hybridized carbons (Fsp3) is 0.526. The minimum Gasteiger partial charge on any atom is -0.488 e. The predicted octanol–water partition coefficient (Wildman–Crippen LogP) is 7.51. The minimum absolute atomic E-state index is 0.103. The largest absolute Gasteiger partial charge is 0.488 e. The third kappa shape index (κ3) is 8.87. The van der Waals surface area contributed by atoms with Gasteiger partial charge >= 0.3 is 0 Å². The quantitative estimate of drug-likeness (QED) is 0.203. The molecule has 0 radical (unpaired) electrons. The first-order valence-electron chi connectivity index (χ1n) is 17.0. The van der Waals surface area contributed by atoms with Gasteiger partial charge < -0.3 is 19.7 Å². The Morgan fingerprint density at radius 3 is 1.27 bits per heavy atom. The molecule has 0 aliphatic heterocycles. The highest BCUT2D eigenvalue weighted by Crippen LogP contribution is 2.34. The molecule has 0 saturated heterocycles. The molecule has 0 bridgehead atoms. The van der Waals surface area contributed by atoms with Gasteiger partial charge in [-0.3, -0.25) is 0 Å². The van der Waals surface area contributed by atoms with E-state index in [1.807, 2.05) is 60.7 Å². The monoisotopic (exact) mass is 630 g/mol. The maximum absolute atomic E-state index is 10.6. The van der Waals surface area contributed by atoms with Crippen molar-refractivity contribution in [2.75, 3.05) is 0 Å². The Morgan fingerprint density at radius 2 is 0.909 bits per heavy atom. The Hall–Kier alpha value is -2.39. The van der Waals surface area contributed by atoms with Gasteiger partial charge in [0.05, 0.1) is 28.4 Å². The van der Waals surface area contributed by atoms with Crippen molar-refractivity contribution in [3.63, 3.8) is 0 Å². The highest BCUT2D eigenvalue weighted by Gasteiger charge is 2.34. The molecule has 2 aliphatic carbocycles. The fourth-order valence-electron chi connectivity index (χ4n) is 7.31. The molecule has 6 atom stereocenters. The lowest BCUT2D eigenvalue weighted by molar-refractivity contribution is -0.0109. The van der Waals surface area contributed by atoms with Crippen LogP contribution in [0.25, 0.3) is 0 Å². The number of hydrogen-bond acceptors (Lipinski definition) is 4. The van der Waals surface area contributed by atoms with Crippen LogP contribution in [0.5, 0.6) is 11.5 Å². The van der Waals surface area contributed by atoms with Gasteiger partial charge in [0.1, 0.15) is 23.7 Å². The zero-order valence-corrected chi connectivity index (χ0v) is 29.3. The molecule has 2 fully saturated rings. The van der Waals surface area contributed by atoms with Crippen molar-refractivity contribution in [2.24, 2.45) is 11.8 Å². The Bertz CT molecular complexity index is 1180. The fourth-order valence-corrected chi connectivity index (χ4v) is 12.3. The molecule has 2 aliphatic rings. The average Bonchev–Trinajstić information content (AvgIpc) is 3.03. The second-order valence-corrected chi connectivity index (χ2v) is 24.5. The summed E-state index contributed by atoms with van der Waals surface area (Å²) < 4.78 is 12.4. The number of hydrogen-bond donors (Lipinski definition) is 2. The van der Waals surface area contributed by atoms with Gasteiger partial charge in [0, 0.05) is 0 Å². The summed E-state index contributed by atoms with van der Waals surface area (Å²) in [5, 5.41) is 24.3. The van der Waals surface area contributed by atoms with E-state index >= 15 is 0 Å². The zero-order valence-electron chi connectivity index (χ0n) is 27.3. The Balaban J connectivity index is 1.11. The van der Waals surface area contributed by atoms with E-state index in [1.54, 1.807) is 10.4 Å². The van der Waals surface area contributed by atoms with Crippen LogP contribution >= 0.6 is 0 Å². The second-order valence-electron chi connectivity index (χ2n) is 14.9. The van der Waals surface area contributed by atoms with Crippen molar-refractivity contribution < 1.29 is 19.7 Å². The molecule has 3 aromatic rings. The lowest BCUT2D eigenvalue weighted by Gasteiger charge is -2.35. The molecule has 0 spiro atoms. The molecule has 0 amide bonds. The van der Waals surface area contributed by atoms with Gasteiger partial charge in [0.2, 0.25) is 0 Å². The molecule has 0 heterocycles. The first-order valence-corrected chi connectivity index (χ1v) is 23.4. The molecule has 0 aromatic heterocycles. The van der Waals surface area contributed by atoms with Gasteiger partial charge in [-0.05, 0) is 74.6 Å². The van der Waals surface area contributed by atoms with E-state index < -0.39 is 16.1 Å². The molecule has 5 rings (SSSR count). The summed E-state index contributed by atoms with van der Waals surface area (Å²) in [4.78, 5) is 0. The second kappa shape index (κ2) is 14.8. The molecule has 4 nitrogen and oxygen atoms in total. The van der Waals surface area contributed by atoms with Crippen LogP contribution < -0.4 is 19.8 Å². The lowest BCUT2D eigenvalue weighted by Crippen LogP contribution is -2.46. The molecule has 3 aromatic carbocycles. The molecular weight excluding hydrogens is 577 g/mol. The van der Waals surface area contributed by atoms with Crippen molar-refractivity contribution in [2.45, 2.75) is 114 Å². The predicted molar refractivity (Wildman–Crippen MR) is 188 cm³/mol. The van der Waals surface area contributed by atoms with Crippen molar-refractivity contribution in [3.05, 3.63) is 84.9 Å². The van der Waals surface area contributed by atoms with Crippen molar-refractivity contribution in [1.29, 1.82) is 0 Å². The maximum Gasteiger partial charge on any atom is 0.125 e. The van der Waals surface area contributed by atoms with Gasteiger partial charge in [-0.25, -0.2) is 0 Å². The van der Waals surface area contributed by atoms with Crippen molar-refractivity contribution in [1.82, 2.24) is 0 Å². The third-order valence-electron chi connectivity index (χ3n) is 10.6. The molecule has 6 unspecified atom stereocenters. The smallest absolute Gasteiger partial charge is 0.125 e. The van der Waals surface area contributed by atoms with Crippen LogP contribution in [-0.2, 0) is 0 Å². The van der Waals surface area contributed by atoms with E-state index in [2.05, 4.69) is 50.5 Å². The van der Waals surface area contributed by atoms with E-state index in [4.69, 9.17) is 9.47 Å². The lowest BCUT2D eigenvalue weighted by atomic mass is 9.84. The average molecular weight is 631 g/mol. The summed E-state index contributed by atoms with van der Waals surface area (Å²) in [6.07, 6.45) is 7.23. The number of para-hydroxylation sites is 2. The summed E-state index contributed by atoms with van der Waals surface area (Å²) in [5.41, 5.74) is 0. The van der Waals surface area contributed by atoms with Gasteiger partial charge in [0.25, 0.3) is 0 Å². The van der Waals surface area contributed by atoms with Crippen LogP contribution in [0, 0.1) is 11.8 Å². The number of aliphatic hydroxyl groups excluding tert-OH is 2. The summed E-state index contributed by atoms with van der Waals surface area (Å²) in [5.74, 6) is 2.95. The number of rotatable bonds is 12. The first kappa shape index (κ1) is 33.0. The van der Waals surface area contributed by atoms with Crippen LogP contribution in [0.3, 0.4) is 0 Å².